The first-order chi connectivity index (χ1) is 10.8. The molecule has 1 aliphatic heterocycles. The Bertz CT molecular complexity index is 647. The Kier molecular flexibility index (Phi) is 2.88. The third-order valence-corrected chi connectivity index (χ3v) is 7.73. The van der Waals surface area contributed by atoms with Crippen LogP contribution >= 0.6 is 0 Å². The fourth-order valence-corrected chi connectivity index (χ4v) is 6.59. The molecule has 0 aromatic heterocycles. The molecule has 5 fully saturated rings. The van der Waals surface area contributed by atoms with E-state index in [0.29, 0.717) is 12.3 Å². The zero-order chi connectivity index (χ0) is 16.6. The summed E-state index contributed by atoms with van der Waals surface area (Å²) >= 11 is 0. The fourth-order valence-electron chi connectivity index (χ4n) is 6.59. The Morgan fingerprint density at radius 3 is 2.61 bits per heavy atom. The van der Waals surface area contributed by atoms with Crippen LogP contribution in [0.1, 0.15) is 58.8 Å². The average molecular weight is 314 g/mol. The van der Waals surface area contributed by atoms with Crippen LogP contribution in [-0.2, 0) is 14.3 Å². The maximum absolute atomic E-state index is 13.2. The van der Waals surface area contributed by atoms with E-state index in [1.807, 2.05) is 0 Å². The van der Waals surface area contributed by atoms with Crippen LogP contribution in [0.5, 0.6) is 0 Å². The van der Waals surface area contributed by atoms with E-state index in [2.05, 4.69) is 27.0 Å². The standard InChI is InChI=1S/C20H26O3/c1-12(2)15-6-10-19-9-5-14(13(3)17(19)22)11-20(19)18(15,4)8-7-16(21)23-20/h14-15H,1,3,5-11H2,2,4H3/t14?,15-,18?,19-,20?/m0/s1. The highest BCUT2D eigenvalue weighted by Gasteiger charge is 2.76. The molecular weight excluding hydrogens is 288 g/mol. The average Bonchev–Trinajstić information content (AvgIpc) is 2.50. The van der Waals surface area contributed by atoms with E-state index < -0.39 is 11.0 Å². The van der Waals surface area contributed by atoms with Crippen LogP contribution in [0.2, 0.25) is 0 Å². The van der Waals surface area contributed by atoms with Gasteiger partial charge < -0.3 is 4.74 Å². The Hall–Kier alpha value is -1.38. The van der Waals surface area contributed by atoms with Crippen molar-refractivity contribution in [3.63, 3.8) is 0 Å². The lowest BCUT2D eigenvalue weighted by molar-refractivity contribution is -0.270. The Morgan fingerprint density at radius 2 is 1.91 bits per heavy atom. The van der Waals surface area contributed by atoms with Crippen molar-refractivity contribution in [2.45, 2.75) is 64.4 Å². The van der Waals surface area contributed by atoms with Gasteiger partial charge >= 0.3 is 5.97 Å². The lowest BCUT2D eigenvalue weighted by atomic mass is 9.37. The van der Waals surface area contributed by atoms with E-state index in [4.69, 9.17) is 4.74 Å². The number of carbonyl (C=O) groups is 2. The van der Waals surface area contributed by atoms with E-state index >= 15 is 0 Å². The second-order valence-electron chi connectivity index (χ2n) is 8.53. The maximum atomic E-state index is 13.2. The van der Waals surface area contributed by atoms with E-state index in [1.165, 1.54) is 0 Å². The Balaban J connectivity index is 1.94. The molecule has 0 aromatic rings. The van der Waals surface area contributed by atoms with Gasteiger partial charge in [-0.25, -0.2) is 0 Å². The molecule has 3 unspecified atom stereocenters. The number of hydrogen-bond donors (Lipinski definition) is 0. The maximum Gasteiger partial charge on any atom is 0.306 e. The van der Waals surface area contributed by atoms with Gasteiger partial charge in [0.2, 0.25) is 0 Å². The molecule has 3 nitrogen and oxygen atoms in total. The van der Waals surface area contributed by atoms with Gasteiger partial charge in [0.1, 0.15) is 5.60 Å². The minimum Gasteiger partial charge on any atom is -0.457 e. The van der Waals surface area contributed by atoms with Crippen LogP contribution in [0.3, 0.4) is 0 Å². The summed E-state index contributed by atoms with van der Waals surface area (Å²) < 4.78 is 6.17. The van der Waals surface area contributed by atoms with Crippen molar-refractivity contribution >= 4 is 11.8 Å². The summed E-state index contributed by atoms with van der Waals surface area (Å²) in [6, 6.07) is 0. The van der Waals surface area contributed by atoms with E-state index in [9.17, 15) is 9.59 Å². The van der Waals surface area contributed by atoms with Gasteiger partial charge in [0.05, 0.1) is 5.41 Å². The van der Waals surface area contributed by atoms with E-state index in [0.717, 1.165) is 49.7 Å². The summed E-state index contributed by atoms with van der Waals surface area (Å²) in [5.74, 6) is 0.552. The van der Waals surface area contributed by atoms with Gasteiger partial charge in [-0.3, -0.25) is 9.59 Å². The number of rotatable bonds is 1. The highest BCUT2D eigenvalue weighted by molar-refractivity contribution is 6.03. The lowest BCUT2D eigenvalue weighted by Gasteiger charge is -2.70. The summed E-state index contributed by atoms with van der Waals surface area (Å²) in [5.41, 5.74) is 0.584. The highest BCUT2D eigenvalue weighted by Crippen LogP contribution is 2.72. The second-order valence-corrected chi connectivity index (χ2v) is 8.53. The van der Waals surface area contributed by atoms with Crippen molar-refractivity contribution in [1.82, 2.24) is 0 Å². The summed E-state index contributed by atoms with van der Waals surface area (Å²) in [6.45, 7) is 12.6. The smallest absolute Gasteiger partial charge is 0.306 e. The summed E-state index contributed by atoms with van der Waals surface area (Å²) in [4.78, 5) is 25.5. The Morgan fingerprint density at radius 1 is 1.22 bits per heavy atom. The summed E-state index contributed by atoms with van der Waals surface area (Å²) in [5, 5.41) is 0. The SMILES string of the molecule is C=C1C(=O)[C@@]23CCC1CC21OC(=O)CCC1(C)[C@H](C(=C)C)CC3. The van der Waals surface area contributed by atoms with E-state index in [1.54, 1.807) is 0 Å². The molecule has 4 aliphatic carbocycles. The quantitative estimate of drug-likeness (QED) is 0.418. The van der Waals surface area contributed by atoms with Crippen LogP contribution in [0.25, 0.3) is 0 Å². The van der Waals surface area contributed by atoms with Crippen LogP contribution in [0.15, 0.2) is 24.3 Å². The molecule has 5 atom stereocenters. The third-order valence-electron chi connectivity index (χ3n) is 7.73. The fraction of sp³-hybridized carbons (Fsp3) is 0.700. The number of carbonyl (C=O) groups excluding carboxylic acids is 2. The lowest BCUT2D eigenvalue weighted by Crippen LogP contribution is -2.74. The molecule has 0 amide bonds. The van der Waals surface area contributed by atoms with Crippen LogP contribution < -0.4 is 0 Å². The molecule has 2 spiro atoms. The summed E-state index contributed by atoms with van der Waals surface area (Å²) in [6.07, 6.45) is 5.67. The van der Waals surface area contributed by atoms with Crippen molar-refractivity contribution in [1.29, 1.82) is 0 Å². The molecule has 0 N–H and O–H groups in total. The molecule has 5 rings (SSSR count). The van der Waals surface area contributed by atoms with Crippen LogP contribution in [-0.4, -0.2) is 17.4 Å². The molecular formula is C20H26O3. The number of esters is 1. The highest BCUT2D eigenvalue weighted by atomic mass is 16.6. The monoisotopic (exact) mass is 314 g/mol. The van der Waals surface area contributed by atoms with Gasteiger partial charge in [0.15, 0.2) is 5.78 Å². The molecule has 0 radical (unpaired) electrons. The minimum atomic E-state index is -0.640. The third kappa shape index (κ3) is 1.52. The van der Waals surface area contributed by atoms with Crippen molar-refractivity contribution in [2.75, 3.05) is 0 Å². The van der Waals surface area contributed by atoms with Crippen LogP contribution in [0, 0.1) is 22.7 Å². The second kappa shape index (κ2) is 4.37. The molecule has 1 saturated heterocycles. The molecule has 23 heavy (non-hydrogen) atoms. The van der Waals surface area contributed by atoms with Crippen molar-refractivity contribution in [3.8, 4) is 0 Å². The topological polar surface area (TPSA) is 43.4 Å². The van der Waals surface area contributed by atoms with Crippen LogP contribution in [0.4, 0.5) is 0 Å². The molecule has 5 aliphatic rings. The number of allylic oxidation sites excluding steroid dienone is 2. The predicted octanol–water partition coefficient (Wildman–Crippen LogP) is 3.98. The van der Waals surface area contributed by atoms with Gasteiger partial charge in [-0.05, 0) is 62.9 Å². The van der Waals surface area contributed by atoms with Gasteiger partial charge in [0, 0.05) is 11.8 Å². The number of ether oxygens (including phenoxy) is 1. The first-order valence-corrected chi connectivity index (χ1v) is 8.88. The van der Waals surface area contributed by atoms with Crippen molar-refractivity contribution in [2.24, 2.45) is 22.7 Å². The van der Waals surface area contributed by atoms with Gasteiger partial charge in [-0.1, -0.05) is 25.7 Å². The molecule has 4 saturated carbocycles. The minimum absolute atomic E-state index is 0.129. The molecule has 2 bridgehead atoms. The number of fused-ring (bicyclic) bond motifs is 2. The zero-order valence-electron chi connectivity index (χ0n) is 14.2. The zero-order valence-corrected chi connectivity index (χ0v) is 14.2. The number of Topliss-reactive ketones (excluding diaryl/α,β-unsaturated/α-hetero) is 1. The molecule has 3 heteroatoms. The predicted molar refractivity (Wildman–Crippen MR) is 87.6 cm³/mol. The number of hydrogen-bond acceptors (Lipinski definition) is 3. The van der Waals surface area contributed by atoms with Gasteiger partial charge in [-0.2, -0.15) is 0 Å². The normalized spacial score (nSPS) is 48.5. The first-order valence-electron chi connectivity index (χ1n) is 8.88. The largest absolute Gasteiger partial charge is 0.457 e. The van der Waals surface area contributed by atoms with Crippen molar-refractivity contribution in [3.05, 3.63) is 24.3 Å². The summed E-state index contributed by atoms with van der Waals surface area (Å²) in [7, 11) is 0. The van der Waals surface area contributed by atoms with Gasteiger partial charge in [-0.15, -0.1) is 0 Å². The first kappa shape index (κ1) is 15.2. The molecule has 124 valence electrons. The van der Waals surface area contributed by atoms with Crippen molar-refractivity contribution < 1.29 is 14.3 Å². The number of ketones is 1. The molecule has 1 heterocycles. The Labute approximate surface area is 138 Å². The van der Waals surface area contributed by atoms with Gasteiger partial charge in [0.25, 0.3) is 0 Å². The van der Waals surface area contributed by atoms with E-state index in [-0.39, 0.29) is 23.1 Å². The molecule has 0 aromatic carbocycles.